The summed E-state index contributed by atoms with van der Waals surface area (Å²) in [7, 11) is 0. The predicted octanol–water partition coefficient (Wildman–Crippen LogP) is 1.54. The number of hydrogen-bond donors (Lipinski definition) is 2. The van der Waals surface area contributed by atoms with Gasteiger partial charge >= 0.3 is 6.18 Å². The summed E-state index contributed by atoms with van der Waals surface area (Å²) >= 11 is 4.86. The Kier molecular flexibility index (Phi) is 4.70. The number of nitrogens with two attached hydrogens (primary N) is 1. The Morgan fingerprint density at radius 1 is 1.48 bits per heavy atom. The van der Waals surface area contributed by atoms with E-state index in [1.165, 1.54) is 6.07 Å². The van der Waals surface area contributed by atoms with E-state index in [1.807, 2.05) is 4.90 Å². The number of rotatable bonds is 3. The van der Waals surface area contributed by atoms with Crippen molar-refractivity contribution >= 4 is 22.9 Å². The molecule has 0 amide bonds. The number of aliphatic hydroxyl groups is 1. The molecule has 1 unspecified atom stereocenters. The van der Waals surface area contributed by atoms with Gasteiger partial charge in [-0.3, -0.25) is 0 Å². The molecule has 4 nitrogen and oxygen atoms in total. The molecule has 3 N–H and O–H groups in total. The highest BCUT2D eigenvalue weighted by Crippen LogP contribution is 2.33. The number of ether oxygens (including phenoxy) is 1. The van der Waals surface area contributed by atoms with Crippen LogP contribution in [0.1, 0.15) is 11.1 Å². The fourth-order valence-electron chi connectivity index (χ4n) is 2.23. The first-order chi connectivity index (χ1) is 9.82. The predicted molar refractivity (Wildman–Crippen MR) is 76.4 cm³/mol. The maximum absolute atomic E-state index is 12.8. The van der Waals surface area contributed by atoms with Gasteiger partial charge in [0.15, 0.2) is 0 Å². The number of anilines is 1. The molecule has 2 rings (SSSR count). The minimum atomic E-state index is -4.45. The zero-order valence-corrected chi connectivity index (χ0v) is 11.9. The fraction of sp³-hybridized carbons (Fsp3) is 0.462. The lowest BCUT2D eigenvalue weighted by Crippen LogP contribution is -2.44. The van der Waals surface area contributed by atoms with Crippen molar-refractivity contribution in [3.05, 3.63) is 29.3 Å². The maximum Gasteiger partial charge on any atom is 0.416 e. The molecule has 1 atom stereocenters. The Bertz CT molecular complexity index is 537. The largest absolute Gasteiger partial charge is 0.416 e. The SMILES string of the molecule is NC(=S)c1cc(C(F)(F)F)ccc1N1CCOC(CO)C1. The minimum absolute atomic E-state index is 0.0943. The van der Waals surface area contributed by atoms with Gasteiger partial charge in [-0.05, 0) is 18.2 Å². The van der Waals surface area contributed by atoms with E-state index < -0.39 is 11.7 Å². The molecule has 1 saturated heterocycles. The van der Waals surface area contributed by atoms with Crippen molar-refractivity contribution in [1.82, 2.24) is 0 Å². The number of alkyl halides is 3. The molecule has 1 fully saturated rings. The number of halogens is 3. The first-order valence-electron chi connectivity index (χ1n) is 6.31. The lowest BCUT2D eigenvalue weighted by Gasteiger charge is -2.35. The Labute approximate surface area is 125 Å². The van der Waals surface area contributed by atoms with E-state index in [4.69, 9.17) is 27.8 Å². The average molecular weight is 320 g/mol. The van der Waals surface area contributed by atoms with Crippen molar-refractivity contribution in [2.24, 2.45) is 5.73 Å². The quantitative estimate of drug-likeness (QED) is 0.828. The third-order valence-electron chi connectivity index (χ3n) is 3.27. The third-order valence-corrected chi connectivity index (χ3v) is 3.49. The molecule has 1 aromatic rings. The number of aliphatic hydroxyl groups excluding tert-OH is 1. The fourth-order valence-corrected chi connectivity index (χ4v) is 2.40. The van der Waals surface area contributed by atoms with E-state index in [9.17, 15) is 13.2 Å². The maximum atomic E-state index is 12.8. The summed E-state index contributed by atoms with van der Waals surface area (Å²) in [6.07, 6.45) is -4.82. The average Bonchev–Trinajstić information content (AvgIpc) is 2.45. The number of benzene rings is 1. The van der Waals surface area contributed by atoms with Gasteiger partial charge in [0.1, 0.15) is 4.99 Å². The van der Waals surface area contributed by atoms with Crippen LogP contribution in [0.25, 0.3) is 0 Å². The van der Waals surface area contributed by atoms with Crippen molar-refractivity contribution in [3.63, 3.8) is 0 Å². The van der Waals surface area contributed by atoms with E-state index in [0.29, 0.717) is 25.4 Å². The van der Waals surface area contributed by atoms with Crippen LogP contribution in [-0.4, -0.2) is 42.5 Å². The van der Waals surface area contributed by atoms with Gasteiger partial charge in [0.05, 0.1) is 24.9 Å². The van der Waals surface area contributed by atoms with Gasteiger partial charge in [-0.15, -0.1) is 0 Å². The van der Waals surface area contributed by atoms with Gasteiger partial charge in [0.2, 0.25) is 0 Å². The summed E-state index contributed by atoms with van der Waals surface area (Å²) < 4.78 is 43.6. The van der Waals surface area contributed by atoms with Crippen LogP contribution in [0.2, 0.25) is 0 Å². The monoisotopic (exact) mass is 320 g/mol. The van der Waals surface area contributed by atoms with Crippen LogP contribution in [0, 0.1) is 0 Å². The molecule has 0 aliphatic carbocycles. The molecule has 1 aromatic carbocycles. The molecule has 1 aliphatic rings. The summed E-state index contributed by atoms with van der Waals surface area (Å²) in [6.45, 7) is 1.09. The van der Waals surface area contributed by atoms with E-state index in [-0.39, 0.29) is 23.3 Å². The molecule has 0 spiro atoms. The van der Waals surface area contributed by atoms with Crippen LogP contribution in [0.15, 0.2) is 18.2 Å². The van der Waals surface area contributed by atoms with E-state index in [1.54, 1.807) is 0 Å². The summed E-state index contributed by atoms with van der Waals surface area (Å²) in [5.74, 6) is 0. The molecule has 0 bridgehead atoms. The standard InChI is InChI=1S/C13H15F3N2O2S/c14-13(15,16)8-1-2-11(10(5-8)12(17)21)18-3-4-20-9(6-18)7-19/h1-2,5,9,19H,3-4,6-7H2,(H2,17,21). The lowest BCUT2D eigenvalue weighted by atomic mass is 10.1. The van der Waals surface area contributed by atoms with E-state index in [2.05, 4.69) is 0 Å². The van der Waals surface area contributed by atoms with Gasteiger partial charge in [-0.1, -0.05) is 12.2 Å². The first-order valence-corrected chi connectivity index (χ1v) is 6.72. The highest BCUT2D eigenvalue weighted by Gasteiger charge is 2.32. The molecule has 21 heavy (non-hydrogen) atoms. The zero-order chi connectivity index (χ0) is 15.6. The molecule has 8 heteroatoms. The zero-order valence-electron chi connectivity index (χ0n) is 11.1. The summed E-state index contributed by atoms with van der Waals surface area (Å²) in [4.78, 5) is 1.72. The van der Waals surface area contributed by atoms with Crippen molar-refractivity contribution in [2.45, 2.75) is 12.3 Å². The second-order valence-corrected chi connectivity index (χ2v) is 5.16. The van der Waals surface area contributed by atoms with Crippen molar-refractivity contribution in [2.75, 3.05) is 31.2 Å². The molecule has 1 heterocycles. The number of thiocarbonyl (C=S) groups is 1. The van der Waals surface area contributed by atoms with Crippen LogP contribution in [0.3, 0.4) is 0 Å². The summed E-state index contributed by atoms with van der Waals surface area (Å²) in [5, 5.41) is 9.13. The van der Waals surface area contributed by atoms with Crippen molar-refractivity contribution < 1.29 is 23.0 Å². The number of nitrogens with zero attached hydrogens (tertiary/aromatic N) is 1. The molecule has 1 aliphatic heterocycles. The van der Waals surface area contributed by atoms with Gasteiger partial charge < -0.3 is 20.5 Å². The van der Waals surface area contributed by atoms with Crippen LogP contribution in [0.4, 0.5) is 18.9 Å². The van der Waals surface area contributed by atoms with E-state index in [0.717, 1.165) is 12.1 Å². The molecular weight excluding hydrogens is 305 g/mol. The first kappa shape index (κ1) is 16.0. The molecule has 116 valence electrons. The van der Waals surface area contributed by atoms with Crippen molar-refractivity contribution in [1.29, 1.82) is 0 Å². The minimum Gasteiger partial charge on any atom is -0.394 e. The summed E-state index contributed by atoms with van der Waals surface area (Å²) in [5.41, 5.74) is 5.47. The van der Waals surface area contributed by atoms with Gasteiger partial charge in [0.25, 0.3) is 0 Å². The Hall–Kier alpha value is -1.38. The number of morpholine rings is 1. The second-order valence-electron chi connectivity index (χ2n) is 4.72. The smallest absolute Gasteiger partial charge is 0.394 e. The highest BCUT2D eigenvalue weighted by atomic mass is 32.1. The van der Waals surface area contributed by atoms with E-state index >= 15 is 0 Å². The molecule has 0 saturated carbocycles. The second kappa shape index (κ2) is 6.17. The third kappa shape index (κ3) is 3.63. The Balaban J connectivity index is 2.37. The highest BCUT2D eigenvalue weighted by molar-refractivity contribution is 7.80. The Morgan fingerprint density at radius 2 is 2.19 bits per heavy atom. The molecular formula is C13H15F3N2O2S. The number of hydrogen-bond acceptors (Lipinski definition) is 4. The lowest BCUT2D eigenvalue weighted by molar-refractivity contribution is -0.137. The van der Waals surface area contributed by atoms with Gasteiger partial charge in [-0.25, -0.2) is 0 Å². The molecule has 0 aromatic heterocycles. The van der Waals surface area contributed by atoms with Crippen LogP contribution < -0.4 is 10.6 Å². The Morgan fingerprint density at radius 3 is 2.76 bits per heavy atom. The normalized spacial score (nSPS) is 19.6. The van der Waals surface area contributed by atoms with Gasteiger partial charge in [0, 0.05) is 24.3 Å². The van der Waals surface area contributed by atoms with Crippen LogP contribution in [-0.2, 0) is 10.9 Å². The van der Waals surface area contributed by atoms with Gasteiger partial charge in [-0.2, -0.15) is 13.2 Å². The molecule has 0 radical (unpaired) electrons. The van der Waals surface area contributed by atoms with Crippen LogP contribution >= 0.6 is 12.2 Å². The summed E-state index contributed by atoms with van der Waals surface area (Å²) in [6, 6.07) is 3.32. The van der Waals surface area contributed by atoms with Crippen molar-refractivity contribution in [3.8, 4) is 0 Å². The van der Waals surface area contributed by atoms with Crippen LogP contribution in [0.5, 0.6) is 0 Å². The topological polar surface area (TPSA) is 58.7 Å².